The van der Waals surface area contributed by atoms with E-state index in [0.29, 0.717) is 6.61 Å². The fourth-order valence-corrected chi connectivity index (χ4v) is 4.12. The Morgan fingerprint density at radius 2 is 1.52 bits per heavy atom. The first-order valence-corrected chi connectivity index (χ1v) is 9.71. The molecule has 2 aromatic rings. The number of aryl methyl sites for hydroxylation is 2. The maximum atomic E-state index is 10.1. The van der Waals surface area contributed by atoms with Gasteiger partial charge in [0.15, 0.2) is 0 Å². The Hall–Kier alpha value is -1.64. The van der Waals surface area contributed by atoms with Crippen LogP contribution in [0.2, 0.25) is 0 Å². The lowest BCUT2D eigenvalue weighted by Gasteiger charge is -2.42. The number of nitrogens with zero attached hydrogens (tertiary/aromatic N) is 1. The molecule has 2 nitrogen and oxygen atoms in total. The third kappa shape index (κ3) is 5.42. The highest BCUT2D eigenvalue weighted by molar-refractivity contribution is 5.15. The van der Waals surface area contributed by atoms with Crippen molar-refractivity contribution in [1.29, 1.82) is 0 Å². The third-order valence-electron chi connectivity index (χ3n) is 5.65. The van der Waals surface area contributed by atoms with E-state index in [1.54, 1.807) is 0 Å². The van der Waals surface area contributed by atoms with Crippen LogP contribution in [0.5, 0.6) is 0 Å². The van der Waals surface area contributed by atoms with Gasteiger partial charge >= 0.3 is 0 Å². The lowest BCUT2D eigenvalue weighted by molar-refractivity contribution is 0.0254. The van der Waals surface area contributed by atoms with Crippen molar-refractivity contribution in [3.63, 3.8) is 0 Å². The highest BCUT2D eigenvalue weighted by Crippen LogP contribution is 2.34. The Morgan fingerprint density at radius 3 is 2.16 bits per heavy atom. The first-order valence-electron chi connectivity index (χ1n) is 9.71. The summed E-state index contributed by atoms with van der Waals surface area (Å²) in [5.41, 5.74) is 2.90. The van der Waals surface area contributed by atoms with E-state index in [0.717, 1.165) is 38.8 Å². The highest BCUT2D eigenvalue weighted by atomic mass is 16.3. The first kappa shape index (κ1) is 18.2. The zero-order valence-electron chi connectivity index (χ0n) is 15.2. The molecule has 2 aromatic carbocycles. The second-order valence-electron chi connectivity index (χ2n) is 7.61. The van der Waals surface area contributed by atoms with E-state index in [2.05, 4.69) is 65.6 Å². The molecule has 1 fully saturated rings. The number of likely N-dealkylation sites (tertiary alicyclic amines) is 1. The van der Waals surface area contributed by atoms with Crippen molar-refractivity contribution < 1.29 is 5.11 Å². The van der Waals surface area contributed by atoms with E-state index in [-0.39, 0.29) is 5.41 Å². The fourth-order valence-electron chi connectivity index (χ4n) is 4.12. The summed E-state index contributed by atoms with van der Waals surface area (Å²) in [6.45, 7) is 3.68. The van der Waals surface area contributed by atoms with Gasteiger partial charge in [-0.3, -0.25) is 0 Å². The zero-order chi connectivity index (χ0) is 17.4. The van der Waals surface area contributed by atoms with Crippen LogP contribution in [-0.4, -0.2) is 36.2 Å². The summed E-state index contributed by atoms with van der Waals surface area (Å²) in [5, 5.41) is 10.1. The molecule has 134 valence electrons. The Morgan fingerprint density at radius 1 is 0.880 bits per heavy atom. The van der Waals surface area contributed by atoms with E-state index in [1.807, 2.05) is 0 Å². The summed E-state index contributed by atoms with van der Waals surface area (Å²) in [5.74, 6) is 0. The van der Waals surface area contributed by atoms with Crippen LogP contribution in [0.25, 0.3) is 0 Å². The molecule has 3 rings (SSSR count). The molecule has 25 heavy (non-hydrogen) atoms. The predicted molar refractivity (Wildman–Crippen MR) is 105 cm³/mol. The molecule has 1 aliphatic rings. The summed E-state index contributed by atoms with van der Waals surface area (Å²) >= 11 is 0. The van der Waals surface area contributed by atoms with Crippen LogP contribution in [0.4, 0.5) is 0 Å². The summed E-state index contributed by atoms with van der Waals surface area (Å²) in [6, 6.07) is 21.4. The molecule has 1 atom stereocenters. The van der Waals surface area contributed by atoms with Gasteiger partial charge in [-0.1, -0.05) is 60.7 Å². The molecule has 0 aliphatic carbocycles. The lowest BCUT2D eigenvalue weighted by Crippen LogP contribution is -2.46. The molecule has 0 saturated carbocycles. The number of hydrogen-bond donors (Lipinski definition) is 1. The maximum absolute atomic E-state index is 10.1. The normalized spacial score (nSPS) is 21.3. The van der Waals surface area contributed by atoms with Gasteiger partial charge in [-0.25, -0.2) is 0 Å². The predicted octanol–water partition coefficient (Wildman–Crippen LogP) is 4.33. The van der Waals surface area contributed by atoms with Crippen molar-refractivity contribution >= 4 is 0 Å². The van der Waals surface area contributed by atoms with Crippen molar-refractivity contribution in [2.24, 2.45) is 5.41 Å². The highest BCUT2D eigenvalue weighted by Gasteiger charge is 2.34. The Kier molecular flexibility index (Phi) is 6.66. The van der Waals surface area contributed by atoms with Crippen molar-refractivity contribution in [2.75, 3.05) is 26.2 Å². The van der Waals surface area contributed by atoms with Crippen LogP contribution in [0.3, 0.4) is 0 Å². The van der Waals surface area contributed by atoms with Crippen molar-refractivity contribution in [3.8, 4) is 0 Å². The Bertz CT molecular complexity index is 613. The van der Waals surface area contributed by atoms with Crippen LogP contribution in [0.1, 0.15) is 36.8 Å². The third-order valence-corrected chi connectivity index (χ3v) is 5.65. The Labute approximate surface area is 152 Å². The molecule has 0 amide bonds. The average molecular weight is 338 g/mol. The van der Waals surface area contributed by atoms with Crippen LogP contribution >= 0.6 is 0 Å². The topological polar surface area (TPSA) is 23.5 Å². The van der Waals surface area contributed by atoms with Crippen molar-refractivity contribution in [2.45, 2.75) is 38.5 Å². The first-order chi connectivity index (χ1) is 12.3. The van der Waals surface area contributed by atoms with Crippen LogP contribution in [-0.2, 0) is 12.8 Å². The molecule has 0 radical (unpaired) electrons. The molecular weight excluding hydrogens is 306 g/mol. The van der Waals surface area contributed by atoms with Gasteiger partial charge in [0, 0.05) is 18.6 Å². The van der Waals surface area contributed by atoms with E-state index in [4.69, 9.17) is 0 Å². The van der Waals surface area contributed by atoms with Gasteiger partial charge in [0.25, 0.3) is 0 Å². The van der Waals surface area contributed by atoms with Gasteiger partial charge in [0.1, 0.15) is 0 Å². The van der Waals surface area contributed by atoms with E-state index >= 15 is 0 Å². The standard InChI is InChI=1S/C23H31NO/c25-20-23(16-14-22-11-5-2-6-12-22)15-8-18-24(19-23)17-7-13-21-9-3-1-4-10-21/h1-6,9-12,25H,7-8,13-20H2/t23-/m0/s1. The van der Waals surface area contributed by atoms with Gasteiger partial charge in [0.2, 0.25) is 0 Å². The number of aliphatic hydroxyl groups excluding tert-OH is 1. The quantitative estimate of drug-likeness (QED) is 0.775. The number of piperidine rings is 1. The second kappa shape index (κ2) is 9.17. The van der Waals surface area contributed by atoms with E-state index in [1.165, 1.54) is 30.5 Å². The molecule has 0 spiro atoms. The largest absolute Gasteiger partial charge is 0.396 e. The van der Waals surface area contributed by atoms with Crippen LogP contribution in [0.15, 0.2) is 60.7 Å². The van der Waals surface area contributed by atoms with E-state index < -0.39 is 0 Å². The smallest absolute Gasteiger partial charge is 0.0499 e. The summed E-state index contributed by atoms with van der Waals surface area (Å²) in [6.07, 6.45) is 6.87. The van der Waals surface area contributed by atoms with Gasteiger partial charge in [-0.2, -0.15) is 0 Å². The lowest BCUT2D eigenvalue weighted by atomic mass is 9.76. The zero-order valence-corrected chi connectivity index (χ0v) is 15.2. The monoisotopic (exact) mass is 337 g/mol. The Balaban J connectivity index is 1.49. The number of hydrogen-bond acceptors (Lipinski definition) is 2. The molecule has 0 unspecified atom stereocenters. The van der Waals surface area contributed by atoms with Gasteiger partial charge in [0.05, 0.1) is 0 Å². The molecule has 0 bridgehead atoms. The molecule has 0 aromatic heterocycles. The number of aliphatic hydroxyl groups is 1. The minimum Gasteiger partial charge on any atom is -0.396 e. The van der Waals surface area contributed by atoms with Gasteiger partial charge in [-0.15, -0.1) is 0 Å². The molecule has 1 N–H and O–H groups in total. The van der Waals surface area contributed by atoms with E-state index in [9.17, 15) is 5.11 Å². The fraction of sp³-hybridized carbons (Fsp3) is 0.478. The second-order valence-corrected chi connectivity index (χ2v) is 7.61. The molecule has 1 heterocycles. The molecule has 1 aliphatic heterocycles. The van der Waals surface area contributed by atoms with Crippen LogP contribution in [0, 0.1) is 5.41 Å². The summed E-state index contributed by atoms with van der Waals surface area (Å²) < 4.78 is 0. The average Bonchev–Trinajstić information content (AvgIpc) is 2.68. The molecule has 1 saturated heterocycles. The summed E-state index contributed by atoms with van der Waals surface area (Å²) in [7, 11) is 0. The molecular formula is C23H31NO. The number of benzene rings is 2. The SMILES string of the molecule is OC[C@]1(CCc2ccccc2)CCCN(CCCc2ccccc2)C1. The maximum Gasteiger partial charge on any atom is 0.0499 e. The van der Waals surface area contributed by atoms with Gasteiger partial charge < -0.3 is 10.0 Å². The van der Waals surface area contributed by atoms with Gasteiger partial charge in [-0.05, 0) is 62.7 Å². The number of rotatable bonds is 8. The van der Waals surface area contributed by atoms with Crippen molar-refractivity contribution in [3.05, 3.63) is 71.8 Å². The minimum absolute atomic E-state index is 0.0842. The van der Waals surface area contributed by atoms with Crippen LogP contribution < -0.4 is 0 Å². The summed E-state index contributed by atoms with van der Waals surface area (Å²) in [4.78, 5) is 2.58. The minimum atomic E-state index is 0.0842. The van der Waals surface area contributed by atoms with Crippen molar-refractivity contribution in [1.82, 2.24) is 4.90 Å². The molecule has 2 heteroatoms.